The van der Waals surface area contributed by atoms with Gasteiger partial charge in [-0.15, -0.1) is 11.8 Å². The van der Waals surface area contributed by atoms with Crippen LogP contribution in [0.5, 0.6) is 0 Å². The van der Waals surface area contributed by atoms with Crippen LogP contribution in [0.4, 0.5) is 0 Å². The van der Waals surface area contributed by atoms with Crippen LogP contribution in [0.2, 0.25) is 0 Å². The minimum atomic E-state index is -1.05. The number of amides is 1. The van der Waals surface area contributed by atoms with Crippen molar-refractivity contribution >= 4 is 40.6 Å². The topological polar surface area (TPSA) is 93.4 Å². The highest BCUT2D eigenvalue weighted by atomic mass is 32.2. The summed E-state index contributed by atoms with van der Waals surface area (Å²) in [6.07, 6.45) is 0.369. The summed E-state index contributed by atoms with van der Waals surface area (Å²) in [5.74, 6) is -0.768. The molecular weight excluding hydrogens is 374 g/mol. The smallest absolute Gasteiger partial charge is 0.353 e. The minimum absolute atomic E-state index is 0.0566. The van der Waals surface area contributed by atoms with Gasteiger partial charge in [0.25, 0.3) is 0 Å². The largest absolute Gasteiger partial charge is 0.477 e. The maximum atomic E-state index is 12.4. The zero-order valence-electron chi connectivity index (χ0n) is 14.8. The van der Waals surface area contributed by atoms with Crippen LogP contribution < -0.4 is 0 Å². The van der Waals surface area contributed by atoms with Gasteiger partial charge in [-0.05, 0) is 13.3 Å². The number of likely N-dealkylation sites (tertiary alicyclic amines) is 1. The molecule has 1 amide bonds. The first-order chi connectivity index (χ1) is 12.4. The first-order valence-corrected chi connectivity index (χ1v) is 10.8. The van der Waals surface area contributed by atoms with Gasteiger partial charge in [0.15, 0.2) is 5.17 Å². The number of fused-ring (bicyclic) bond motifs is 1. The Morgan fingerprint density at radius 3 is 2.73 bits per heavy atom. The number of carboxylic acid groups (broad SMARTS) is 1. The van der Waals surface area contributed by atoms with Gasteiger partial charge in [0.2, 0.25) is 5.91 Å². The number of amidine groups is 1. The fourth-order valence-electron chi connectivity index (χ4n) is 4.17. The predicted octanol–water partition coefficient (Wildman–Crippen LogP) is 1.05. The third-order valence-corrected chi connectivity index (χ3v) is 8.09. The number of carbonyl (C=O) groups excluding carboxylic acids is 1. The quantitative estimate of drug-likeness (QED) is 0.685. The van der Waals surface area contributed by atoms with Crippen molar-refractivity contribution < 1.29 is 19.8 Å². The zero-order chi connectivity index (χ0) is 18.6. The van der Waals surface area contributed by atoms with Crippen LogP contribution in [0.1, 0.15) is 20.3 Å². The number of thioether (sulfide) groups is 2. The molecule has 0 aromatic rings. The molecule has 2 N–H and O–H groups in total. The lowest BCUT2D eigenvalue weighted by Gasteiger charge is -2.46. The summed E-state index contributed by atoms with van der Waals surface area (Å²) in [6, 6.07) is -0.231. The van der Waals surface area contributed by atoms with Crippen molar-refractivity contribution in [3.05, 3.63) is 10.6 Å². The Morgan fingerprint density at radius 1 is 1.42 bits per heavy atom. The molecule has 0 unspecified atom stereocenters. The number of aliphatic imine (C=N–C) groups is 1. The Morgan fingerprint density at radius 2 is 2.15 bits per heavy atom. The first-order valence-electron chi connectivity index (χ1n) is 8.97. The molecule has 4 aliphatic rings. The number of hydrogen-bond acceptors (Lipinski definition) is 7. The summed E-state index contributed by atoms with van der Waals surface area (Å²) >= 11 is 3.38. The Balaban J connectivity index is 1.47. The van der Waals surface area contributed by atoms with Crippen molar-refractivity contribution in [3.8, 4) is 0 Å². The first kappa shape index (κ1) is 18.2. The van der Waals surface area contributed by atoms with Crippen LogP contribution >= 0.6 is 23.5 Å². The summed E-state index contributed by atoms with van der Waals surface area (Å²) in [4.78, 5) is 33.1. The number of carboxylic acids is 1. The molecule has 0 spiro atoms. The van der Waals surface area contributed by atoms with Crippen molar-refractivity contribution in [1.29, 1.82) is 0 Å². The second-order valence-electron chi connectivity index (χ2n) is 7.28. The van der Waals surface area contributed by atoms with E-state index in [0.717, 1.165) is 41.9 Å². The molecule has 142 valence electrons. The molecule has 0 bridgehead atoms. The Kier molecular flexibility index (Phi) is 4.73. The highest BCUT2D eigenvalue weighted by molar-refractivity contribution is 8.13. The molecule has 0 aromatic carbocycles. The molecule has 0 aromatic heterocycles. The lowest BCUT2D eigenvalue weighted by Crippen LogP contribution is -2.63. The normalized spacial score (nSPS) is 32.8. The Hall–Kier alpha value is -1.19. The predicted molar refractivity (Wildman–Crippen MR) is 102 cm³/mol. The second kappa shape index (κ2) is 6.76. The van der Waals surface area contributed by atoms with Gasteiger partial charge in [-0.25, -0.2) is 4.79 Å². The number of aliphatic carboxylic acids is 1. The Bertz CT molecular complexity index is 702. The molecular formula is C17H23N3O4S2. The van der Waals surface area contributed by atoms with E-state index >= 15 is 0 Å². The van der Waals surface area contributed by atoms with Crippen molar-refractivity contribution in [2.45, 2.75) is 37.7 Å². The van der Waals surface area contributed by atoms with Crippen LogP contribution in [0.25, 0.3) is 0 Å². The third-order valence-electron chi connectivity index (χ3n) is 5.50. The van der Waals surface area contributed by atoms with E-state index in [9.17, 15) is 19.8 Å². The molecule has 2 saturated heterocycles. The van der Waals surface area contributed by atoms with Crippen LogP contribution in [-0.2, 0) is 9.59 Å². The lowest BCUT2D eigenvalue weighted by atomic mass is 9.79. The molecule has 0 aliphatic carbocycles. The number of aliphatic hydroxyl groups is 1. The fourth-order valence-corrected chi connectivity index (χ4v) is 6.66. The van der Waals surface area contributed by atoms with Gasteiger partial charge in [0, 0.05) is 41.5 Å². The molecule has 0 saturated carbocycles. The van der Waals surface area contributed by atoms with Gasteiger partial charge >= 0.3 is 5.97 Å². The molecule has 4 atom stereocenters. The zero-order valence-corrected chi connectivity index (χ0v) is 16.4. The van der Waals surface area contributed by atoms with Crippen LogP contribution in [0, 0.1) is 11.8 Å². The molecule has 9 heteroatoms. The summed E-state index contributed by atoms with van der Waals surface area (Å²) in [7, 11) is 0. The number of β-lactam (4-membered cyclic amide) rings is 1. The van der Waals surface area contributed by atoms with E-state index in [4.69, 9.17) is 0 Å². The second-order valence-corrected chi connectivity index (χ2v) is 9.69. The summed E-state index contributed by atoms with van der Waals surface area (Å²) in [5.41, 5.74) is 0.122. The molecule has 0 radical (unpaired) electrons. The highest BCUT2D eigenvalue weighted by Gasteiger charge is 2.60. The summed E-state index contributed by atoms with van der Waals surface area (Å²) in [6.45, 7) is 6.18. The van der Waals surface area contributed by atoms with E-state index in [1.807, 2.05) is 6.92 Å². The van der Waals surface area contributed by atoms with Crippen LogP contribution in [0.15, 0.2) is 15.6 Å². The number of rotatable bonds is 4. The van der Waals surface area contributed by atoms with Crippen LogP contribution in [-0.4, -0.2) is 79.8 Å². The monoisotopic (exact) mass is 397 g/mol. The number of hydrogen-bond donors (Lipinski definition) is 2. The molecule has 7 nitrogen and oxygen atoms in total. The SMILES string of the molecule is C[C@@H](O)[C@H]1C(=O)N2C(C(=O)O)=C(SC3CN(C4=NCCCS4)C3)[C@H](C)[C@H]12. The third kappa shape index (κ3) is 2.75. The number of carbonyl (C=O) groups is 2. The molecule has 4 aliphatic heterocycles. The van der Waals surface area contributed by atoms with E-state index in [-0.39, 0.29) is 23.6 Å². The van der Waals surface area contributed by atoms with E-state index in [1.165, 1.54) is 4.90 Å². The summed E-state index contributed by atoms with van der Waals surface area (Å²) < 4.78 is 0. The molecule has 4 rings (SSSR count). The average molecular weight is 398 g/mol. The van der Waals surface area contributed by atoms with Gasteiger partial charge in [-0.1, -0.05) is 18.7 Å². The maximum Gasteiger partial charge on any atom is 0.353 e. The number of aliphatic hydroxyl groups excluding tert-OH is 1. The van der Waals surface area contributed by atoms with E-state index < -0.39 is 18.0 Å². The van der Waals surface area contributed by atoms with Gasteiger partial charge in [-0.3, -0.25) is 9.79 Å². The molecule has 26 heavy (non-hydrogen) atoms. The maximum absolute atomic E-state index is 12.4. The van der Waals surface area contributed by atoms with Crippen molar-refractivity contribution in [3.63, 3.8) is 0 Å². The molecule has 2 fully saturated rings. The average Bonchev–Trinajstić information content (AvgIpc) is 2.80. The lowest BCUT2D eigenvalue weighted by molar-refractivity contribution is -0.163. The van der Waals surface area contributed by atoms with Crippen molar-refractivity contribution in [1.82, 2.24) is 9.80 Å². The standard InChI is InChI=1S/C17H23N3O4S2/c1-8-12-11(9(2)21)15(22)20(12)13(16(23)24)14(8)26-10-6-19(7-10)17-18-4-3-5-25-17/h8-12,21H,3-7H2,1-2H3,(H,23,24)/t8-,9-,11-,12-/m1/s1. The van der Waals surface area contributed by atoms with Gasteiger partial charge < -0.3 is 20.0 Å². The minimum Gasteiger partial charge on any atom is -0.477 e. The van der Waals surface area contributed by atoms with E-state index in [1.54, 1.807) is 30.4 Å². The molecule has 4 heterocycles. The number of nitrogens with zero attached hydrogens (tertiary/aromatic N) is 3. The van der Waals surface area contributed by atoms with Gasteiger partial charge in [0.1, 0.15) is 5.70 Å². The van der Waals surface area contributed by atoms with Crippen molar-refractivity contribution in [2.75, 3.05) is 25.4 Å². The Labute approximate surface area is 160 Å². The van der Waals surface area contributed by atoms with Gasteiger partial charge in [-0.2, -0.15) is 0 Å². The highest BCUT2D eigenvalue weighted by Crippen LogP contribution is 2.52. The van der Waals surface area contributed by atoms with Crippen molar-refractivity contribution in [2.24, 2.45) is 16.8 Å². The fraction of sp³-hybridized carbons (Fsp3) is 0.706. The van der Waals surface area contributed by atoms with E-state index in [0.29, 0.717) is 5.25 Å². The van der Waals surface area contributed by atoms with Crippen LogP contribution in [0.3, 0.4) is 0 Å². The summed E-state index contributed by atoms with van der Waals surface area (Å²) in [5, 5.41) is 21.0. The van der Waals surface area contributed by atoms with E-state index in [2.05, 4.69) is 9.89 Å². The van der Waals surface area contributed by atoms with Gasteiger partial charge in [0.05, 0.1) is 18.1 Å².